The molecule has 1 saturated carbocycles. The fourth-order valence-corrected chi connectivity index (χ4v) is 3.61. The smallest absolute Gasteiger partial charge is 0.287 e. The Balaban J connectivity index is 1.50. The zero-order chi connectivity index (χ0) is 15.0. The lowest BCUT2D eigenvalue weighted by molar-refractivity contribution is -0.129. The van der Waals surface area contributed by atoms with Gasteiger partial charge in [-0.2, -0.15) is 0 Å². The van der Waals surface area contributed by atoms with Gasteiger partial charge in [-0.25, -0.2) is 0 Å². The van der Waals surface area contributed by atoms with E-state index in [0.29, 0.717) is 23.1 Å². The average Bonchev–Trinajstić information content (AvgIpc) is 3.14. The van der Waals surface area contributed by atoms with Crippen LogP contribution in [0.2, 0.25) is 0 Å². The van der Waals surface area contributed by atoms with Gasteiger partial charge in [0.2, 0.25) is 5.91 Å². The van der Waals surface area contributed by atoms with Crippen molar-refractivity contribution in [3.05, 3.63) is 22.6 Å². The molecule has 2 heterocycles. The highest BCUT2D eigenvalue weighted by atomic mass is 79.9. The number of fused-ring (bicyclic) bond motifs is 1. The number of hydrogen-bond acceptors (Lipinski definition) is 4. The lowest BCUT2D eigenvalue weighted by atomic mass is 9.98. The maximum absolute atomic E-state index is 12.2. The first-order chi connectivity index (χ1) is 10.0. The predicted molar refractivity (Wildman–Crippen MR) is 79.5 cm³/mol. The molecule has 1 aliphatic heterocycles. The molecule has 114 valence electrons. The normalized spacial score (nSPS) is 27.7. The summed E-state index contributed by atoms with van der Waals surface area (Å²) in [6.45, 7) is 1.47. The number of nitrogens with two attached hydrogens (primary N) is 1. The molecule has 1 aromatic rings. The number of amides is 2. The Bertz CT molecular complexity index is 559. The van der Waals surface area contributed by atoms with Gasteiger partial charge in [0.05, 0.1) is 6.54 Å². The Kier molecular flexibility index (Phi) is 4.03. The molecule has 1 saturated heterocycles. The van der Waals surface area contributed by atoms with Crippen molar-refractivity contribution < 1.29 is 14.0 Å². The first-order valence-corrected chi connectivity index (χ1v) is 7.91. The summed E-state index contributed by atoms with van der Waals surface area (Å²) in [6, 6.07) is 3.41. The SMILES string of the molecule is NC1CCC2CN(C(=O)CNC(=O)c3ccc(Br)o3)CC12. The number of furan rings is 1. The molecule has 2 fully saturated rings. The Hall–Kier alpha value is -1.34. The van der Waals surface area contributed by atoms with Crippen molar-refractivity contribution >= 4 is 27.7 Å². The summed E-state index contributed by atoms with van der Waals surface area (Å²) in [6.07, 6.45) is 2.16. The number of hydrogen-bond donors (Lipinski definition) is 2. The fourth-order valence-electron chi connectivity index (χ4n) is 3.30. The molecule has 0 bridgehead atoms. The Morgan fingerprint density at radius 1 is 1.38 bits per heavy atom. The standard InChI is InChI=1S/C14H18BrN3O3/c15-12-4-3-11(21-12)14(20)17-5-13(19)18-6-8-1-2-10(16)9(8)7-18/h3-4,8-10H,1-2,5-7,16H2,(H,17,20). The van der Waals surface area contributed by atoms with E-state index in [1.807, 2.05) is 4.90 Å². The molecule has 2 aliphatic rings. The van der Waals surface area contributed by atoms with E-state index in [1.165, 1.54) is 0 Å². The molecule has 3 N–H and O–H groups in total. The highest BCUT2D eigenvalue weighted by molar-refractivity contribution is 9.10. The predicted octanol–water partition coefficient (Wildman–Crippen LogP) is 0.968. The molecule has 6 nitrogen and oxygen atoms in total. The summed E-state index contributed by atoms with van der Waals surface area (Å²) in [5, 5.41) is 2.59. The van der Waals surface area contributed by atoms with Crippen molar-refractivity contribution in [2.75, 3.05) is 19.6 Å². The summed E-state index contributed by atoms with van der Waals surface area (Å²) in [7, 11) is 0. The molecule has 1 aliphatic carbocycles. The molecule has 0 radical (unpaired) electrons. The van der Waals surface area contributed by atoms with E-state index in [-0.39, 0.29) is 30.2 Å². The van der Waals surface area contributed by atoms with E-state index < -0.39 is 0 Å². The van der Waals surface area contributed by atoms with E-state index in [1.54, 1.807) is 12.1 Å². The summed E-state index contributed by atoms with van der Waals surface area (Å²) in [4.78, 5) is 25.8. The third-order valence-electron chi connectivity index (χ3n) is 4.46. The minimum Gasteiger partial charge on any atom is -0.444 e. The van der Waals surface area contributed by atoms with Crippen molar-refractivity contribution in [3.63, 3.8) is 0 Å². The highest BCUT2D eigenvalue weighted by Gasteiger charge is 2.42. The van der Waals surface area contributed by atoms with Gasteiger partial charge in [0.15, 0.2) is 10.4 Å². The van der Waals surface area contributed by atoms with Gasteiger partial charge in [-0.1, -0.05) is 0 Å². The van der Waals surface area contributed by atoms with Gasteiger partial charge in [-0.15, -0.1) is 0 Å². The highest BCUT2D eigenvalue weighted by Crippen LogP contribution is 2.36. The van der Waals surface area contributed by atoms with Gasteiger partial charge in [0, 0.05) is 19.1 Å². The van der Waals surface area contributed by atoms with Crippen molar-refractivity contribution in [1.82, 2.24) is 10.2 Å². The average molecular weight is 356 g/mol. The summed E-state index contributed by atoms with van der Waals surface area (Å²) in [5.41, 5.74) is 6.06. The molecule has 3 atom stereocenters. The quantitative estimate of drug-likeness (QED) is 0.845. The molecular formula is C14H18BrN3O3. The second-order valence-corrected chi connectivity index (χ2v) is 6.53. The molecule has 3 unspecified atom stereocenters. The van der Waals surface area contributed by atoms with Crippen LogP contribution in [0.4, 0.5) is 0 Å². The number of nitrogens with one attached hydrogen (secondary N) is 1. The second kappa shape index (κ2) is 5.81. The van der Waals surface area contributed by atoms with Crippen LogP contribution in [0.1, 0.15) is 23.4 Å². The maximum Gasteiger partial charge on any atom is 0.287 e. The lowest BCUT2D eigenvalue weighted by Gasteiger charge is -2.18. The molecule has 21 heavy (non-hydrogen) atoms. The van der Waals surface area contributed by atoms with Crippen LogP contribution in [0, 0.1) is 11.8 Å². The van der Waals surface area contributed by atoms with Crippen LogP contribution in [-0.4, -0.2) is 42.4 Å². The number of carbonyl (C=O) groups is 2. The molecule has 7 heteroatoms. The first-order valence-electron chi connectivity index (χ1n) is 7.11. The number of carbonyl (C=O) groups excluding carboxylic acids is 2. The Morgan fingerprint density at radius 3 is 2.86 bits per heavy atom. The van der Waals surface area contributed by atoms with Gasteiger partial charge in [-0.3, -0.25) is 9.59 Å². The van der Waals surface area contributed by atoms with Crippen LogP contribution in [-0.2, 0) is 4.79 Å². The largest absolute Gasteiger partial charge is 0.444 e. The van der Waals surface area contributed by atoms with E-state index in [2.05, 4.69) is 21.2 Å². The summed E-state index contributed by atoms with van der Waals surface area (Å²) >= 11 is 3.13. The van der Waals surface area contributed by atoms with Gasteiger partial charge < -0.3 is 20.4 Å². The van der Waals surface area contributed by atoms with Crippen LogP contribution in [0.25, 0.3) is 0 Å². The summed E-state index contributed by atoms with van der Waals surface area (Å²) in [5.74, 6) is 0.696. The minimum atomic E-state index is -0.384. The van der Waals surface area contributed by atoms with Crippen LogP contribution < -0.4 is 11.1 Å². The molecule has 0 aromatic carbocycles. The second-order valence-electron chi connectivity index (χ2n) is 5.75. The van der Waals surface area contributed by atoms with E-state index in [0.717, 1.165) is 19.4 Å². The molecular weight excluding hydrogens is 338 g/mol. The van der Waals surface area contributed by atoms with Gasteiger partial charge >= 0.3 is 0 Å². The van der Waals surface area contributed by atoms with Gasteiger partial charge in [0.25, 0.3) is 5.91 Å². The van der Waals surface area contributed by atoms with Crippen molar-refractivity contribution in [3.8, 4) is 0 Å². The molecule has 0 spiro atoms. The monoisotopic (exact) mass is 355 g/mol. The van der Waals surface area contributed by atoms with E-state index in [9.17, 15) is 9.59 Å². The van der Waals surface area contributed by atoms with Crippen LogP contribution in [0.5, 0.6) is 0 Å². The van der Waals surface area contributed by atoms with Crippen molar-refractivity contribution in [1.29, 1.82) is 0 Å². The zero-order valence-electron chi connectivity index (χ0n) is 11.5. The van der Waals surface area contributed by atoms with Crippen molar-refractivity contribution in [2.45, 2.75) is 18.9 Å². The zero-order valence-corrected chi connectivity index (χ0v) is 13.1. The van der Waals surface area contributed by atoms with Crippen LogP contribution in [0.3, 0.4) is 0 Å². The topological polar surface area (TPSA) is 88.6 Å². The number of nitrogens with zero attached hydrogens (tertiary/aromatic N) is 1. The van der Waals surface area contributed by atoms with Crippen molar-refractivity contribution in [2.24, 2.45) is 17.6 Å². The molecule has 2 amide bonds. The first kappa shape index (κ1) is 14.6. The van der Waals surface area contributed by atoms with E-state index in [4.69, 9.17) is 10.2 Å². The van der Waals surface area contributed by atoms with Gasteiger partial charge in [-0.05, 0) is 52.7 Å². The Labute approximate surface area is 131 Å². The Morgan fingerprint density at radius 2 is 2.19 bits per heavy atom. The number of halogens is 1. The van der Waals surface area contributed by atoms with Gasteiger partial charge in [0.1, 0.15) is 0 Å². The summed E-state index contributed by atoms with van der Waals surface area (Å²) < 4.78 is 5.63. The molecule has 3 rings (SSSR count). The fraction of sp³-hybridized carbons (Fsp3) is 0.571. The maximum atomic E-state index is 12.2. The third-order valence-corrected chi connectivity index (χ3v) is 4.89. The number of rotatable bonds is 3. The third kappa shape index (κ3) is 2.98. The lowest BCUT2D eigenvalue weighted by Crippen LogP contribution is -2.40. The van der Waals surface area contributed by atoms with Crippen LogP contribution in [0.15, 0.2) is 21.2 Å². The van der Waals surface area contributed by atoms with Crippen LogP contribution >= 0.6 is 15.9 Å². The number of likely N-dealkylation sites (tertiary alicyclic amines) is 1. The van der Waals surface area contributed by atoms with E-state index >= 15 is 0 Å². The molecule has 1 aromatic heterocycles. The minimum absolute atomic E-state index is 0.00810.